The van der Waals surface area contributed by atoms with Crippen LogP contribution in [0.15, 0.2) is 45.8 Å². The first-order chi connectivity index (χ1) is 15.9. The summed E-state index contributed by atoms with van der Waals surface area (Å²) in [7, 11) is 0. The molecule has 3 aromatic heterocycles. The number of carbonyl (C=O) groups is 1. The largest absolute Gasteiger partial charge is 0.355 e. The van der Waals surface area contributed by atoms with Gasteiger partial charge >= 0.3 is 0 Å². The topological polar surface area (TPSA) is 90.0 Å². The highest BCUT2D eigenvalue weighted by atomic mass is 35.5. The van der Waals surface area contributed by atoms with Crippen LogP contribution >= 0.6 is 23.2 Å². The number of benzene rings is 1. The van der Waals surface area contributed by atoms with Gasteiger partial charge in [0.15, 0.2) is 5.58 Å². The van der Waals surface area contributed by atoms with Crippen molar-refractivity contribution in [3.8, 4) is 0 Å². The zero-order valence-corrected chi connectivity index (χ0v) is 19.5. The van der Waals surface area contributed by atoms with Crippen LogP contribution in [0, 0.1) is 12.8 Å². The highest BCUT2D eigenvalue weighted by molar-refractivity contribution is 6.37. The molecule has 1 amide bonds. The van der Waals surface area contributed by atoms with Crippen molar-refractivity contribution >= 4 is 51.0 Å². The van der Waals surface area contributed by atoms with Crippen molar-refractivity contribution < 1.29 is 9.32 Å². The summed E-state index contributed by atoms with van der Waals surface area (Å²) in [6.07, 6.45) is 5.06. The van der Waals surface area contributed by atoms with E-state index in [1.165, 1.54) is 6.20 Å². The minimum atomic E-state index is -0.183. The number of carbonyl (C=O) groups excluding carboxylic acids is 1. The molecule has 4 aromatic rings. The molecule has 1 aliphatic carbocycles. The molecule has 2 atom stereocenters. The molecular formula is C24H22Cl2N4O3. The van der Waals surface area contributed by atoms with Crippen molar-refractivity contribution in [2.75, 3.05) is 6.54 Å². The highest BCUT2D eigenvalue weighted by Crippen LogP contribution is 2.37. The summed E-state index contributed by atoms with van der Waals surface area (Å²) in [5.74, 6) is 0.0607. The zero-order valence-electron chi connectivity index (χ0n) is 18.0. The molecule has 170 valence electrons. The number of hydrogen-bond acceptors (Lipinski definition) is 5. The molecule has 1 aliphatic rings. The molecule has 0 spiro atoms. The van der Waals surface area contributed by atoms with Gasteiger partial charge in [-0.05, 0) is 56.4 Å². The summed E-state index contributed by atoms with van der Waals surface area (Å²) in [6, 6.07) is 8.78. The summed E-state index contributed by atoms with van der Waals surface area (Å²) in [5, 5.41) is 9.08. The number of pyridine rings is 2. The summed E-state index contributed by atoms with van der Waals surface area (Å²) >= 11 is 12.3. The SMILES string of the molecule is Cc1noc2c1c(=O)n(C1CCCC(CNC(=O)c3ccc(Cl)nc3)C1)c1cccc(Cl)c21. The molecule has 2 unspecified atom stereocenters. The molecule has 1 aromatic carbocycles. The molecule has 0 aliphatic heterocycles. The van der Waals surface area contributed by atoms with Crippen molar-refractivity contribution in [2.24, 2.45) is 5.92 Å². The fourth-order valence-corrected chi connectivity index (χ4v) is 5.22. The van der Waals surface area contributed by atoms with Crippen molar-refractivity contribution in [3.05, 3.63) is 68.3 Å². The minimum Gasteiger partial charge on any atom is -0.355 e. The first kappa shape index (κ1) is 21.9. The highest BCUT2D eigenvalue weighted by Gasteiger charge is 2.28. The number of fused-ring (bicyclic) bond motifs is 3. The number of amides is 1. The van der Waals surface area contributed by atoms with Gasteiger partial charge in [-0.25, -0.2) is 4.98 Å². The monoisotopic (exact) mass is 484 g/mol. The molecule has 0 bridgehead atoms. The number of aryl methyl sites for hydroxylation is 1. The number of halogens is 2. The Labute approximate surface area is 199 Å². The maximum absolute atomic E-state index is 13.6. The van der Waals surface area contributed by atoms with Gasteiger partial charge in [0.05, 0.1) is 27.2 Å². The predicted octanol–water partition coefficient (Wildman–Crippen LogP) is 5.31. The van der Waals surface area contributed by atoms with Crippen molar-refractivity contribution in [1.82, 2.24) is 20.0 Å². The van der Waals surface area contributed by atoms with Gasteiger partial charge in [0.25, 0.3) is 11.5 Å². The van der Waals surface area contributed by atoms with Gasteiger partial charge in [-0.2, -0.15) is 0 Å². The molecular weight excluding hydrogens is 463 g/mol. The van der Waals surface area contributed by atoms with E-state index in [0.29, 0.717) is 44.3 Å². The molecule has 1 N–H and O–H groups in total. The van der Waals surface area contributed by atoms with E-state index in [1.807, 2.05) is 16.7 Å². The maximum atomic E-state index is 13.6. The van der Waals surface area contributed by atoms with Crippen LogP contribution in [0.3, 0.4) is 0 Å². The van der Waals surface area contributed by atoms with Crippen LogP contribution in [-0.4, -0.2) is 27.2 Å². The lowest BCUT2D eigenvalue weighted by Gasteiger charge is -2.31. The van der Waals surface area contributed by atoms with Crippen molar-refractivity contribution in [1.29, 1.82) is 0 Å². The Morgan fingerprint density at radius 2 is 2.06 bits per heavy atom. The van der Waals surface area contributed by atoms with Crippen LogP contribution < -0.4 is 10.9 Å². The first-order valence-corrected chi connectivity index (χ1v) is 11.7. The molecule has 3 heterocycles. The summed E-state index contributed by atoms with van der Waals surface area (Å²) in [4.78, 5) is 30.0. The lowest BCUT2D eigenvalue weighted by Crippen LogP contribution is -2.34. The second-order valence-corrected chi connectivity index (χ2v) is 9.34. The number of nitrogens with one attached hydrogen (secondary N) is 1. The maximum Gasteiger partial charge on any atom is 0.264 e. The van der Waals surface area contributed by atoms with E-state index in [9.17, 15) is 9.59 Å². The Hall–Kier alpha value is -2.90. The van der Waals surface area contributed by atoms with Crippen molar-refractivity contribution in [3.63, 3.8) is 0 Å². The van der Waals surface area contributed by atoms with E-state index in [-0.39, 0.29) is 23.4 Å². The summed E-state index contributed by atoms with van der Waals surface area (Å²) in [5.41, 5.74) is 2.10. The second-order valence-electron chi connectivity index (χ2n) is 8.55. The van der Waals surface area contributed by atoms with Crippen LogP contribution in [0.2, 0.25) is 10.2 Å². The molecule has 33 heavy (non-hydrogen) atoms. The fraction of sp³-hybridized carbons (Fsp3) is 0.333. The third-order valence-electron chi connectivity index (χ3n) is 6.43. The normalized spacial score (nSPS) is 18.6. The number of rotatable bonds is 4. The molecule has 1 fully saturated rings. The molecule has 1 saturated carbocycles. The van der Waals surface area contributed by atoms with Crippen LogP contribution in [0.1, 0.15) is 47.8 Å². The third kappa shape index (κ3) is 4.00. The summed E-state index contributed by atoms with van der Waals surface area (Å²) < 4.78 is 7.34. The number of hydrogen-bond donors (Lipinski definition) is 1. The smallest absolute Gasteiger partial charge is 0.264 e. The standard InChI is InChI=1S/C24H22Cl2N4O3/c1-13-20-22(33-29-13)21-17(25)6-3-7-18(21)30(24(20)32)16-5-2-4-14(10-16)11-28-23(31)15-8-9-19(26)27-12-15/h3,6-9,12,14,16H,2,4-5,10-11H2,1H3,(H,28,31). The van der Waals surface area contributed by atoms with E-state index in [4.69, 9.17) is 27.7 Å². The molecule has 0 radical (unpaired) electrons. The van der Waals surface area contributed by atoms with E-state index in [2.05, 4.69) is 15.5 Å². The number of nitrogens with zero attached hydrogens (tertiary/aromatic N) is 3. The van der Waals surface area contributed by atoms with E-state index >= 15 is 0 Å². The Morgan fingerprint density at radius 3 is 2.85 bits per heavy atom. The van der Waals surface area contributed by atoms with Gasteiger partial charge in [0.1, 0.15) is 10.5 Å². The van der Waals surface area contributed by atoms with Crippen LogP contribution in [0.5, 0.6) is 0 Å². The number of aromatic nitrogens is 3. The second kappa shape index (κ2) is 8.80. The van der Waals surface area contributed by atoms with E-state index in [0.717, 1.165) is 31.2 Å². The van der Waals surface area contributed by atoms with Gasteiger partial charge in [0.2, 0.25) is 0 Å². The Kier molecular flexibility index (Phi) is 5.85. The van der Waals surface area contributed by atoms with Gasteiger partial charge in [-0.1, -0.05) is 40.8 Å². The van der Waals surface area contributed by atoms with Crippen LogP contribution in [0.4, 0.5) is 0 Å². The fourth-order valence-electron chi connectivity index (χ4n) is 4.85. The van der Waals surface area contributed by atoms with Gasteiger partial charge in [-0.3, -0.25) is 9.59 Å². The average molecular weight is 485 g/mol. The van der Waals surface area contributed by atoms with Gasteiger partial charge in [-0.15, -0.1) is 0 Å². The zero-order chi connectivity index (χ0) is 23.1. The van der Waals surface area contributed by atoms with Crippen molar-refractivity contribution in [2.45, 2.75) is 38.6 Å². The minimum absolute atomic E-state index is 0.00924. The average Bonchev–Trinajstić information content (AvgIpc) is 3.20. The Morgan fingerprint density at radius 1 is 1.21 bits per heavy atom. The third-order valence-corrected chi connectivity index (χ3v) is 6.97. The quantitative estimate of drug-likeness (QED) is 0.396. The summed E-state index contributed by atoms with van der Waals surface area (Å²) in [6.45, 7) is 2.30. The molecule has 0 saturated heterocycles. The Balaban J connectivity index is 1.44. The predicted molar refractivity (Wildman–Crippen MR) is 128 cm³/mol. The molecule has 9 heteroatoms. The van der Waals surface area contributed by atoms with E-state index < -0.39 is 0 Å². The molecule has 5 rings (SSSR count). The van der Waals surface area contributed by atoms with Gasteiger partial charge < -0.3 is 14.4 Å². The Bertz CT molecular complexity index is 1410. The molecule has 7 nitrogen and oxygen atoms in total. The van der Waals surface area contributed by atoms with E-state index in [1.54, 1.807) is 25.1 Å². The van der Waals surface area contributed by atoms with Gasteiger partial charge in [0, 0.05) is 18.8 Å². The first-order valence-electron chi connectivity index (χ1n) is 10.9. The van der Waals surface area contributed by atoms with Crippen LogP contribution in [0.25, 0.3) is 21.9 Å². The van der Waals surface area contributed by atoms with Crippen LogP contribution in [-0.2, 0) is 0 Å². The lowest BCUT2D eigenvalue weighted by molar-refractivity contribution is 0.0940. The lowest BCUT2D eigenvalue weighted by atomic mass is 9.85.